The minimum absolute atomic E-state index is 0.225. The van der Waals surface area contributed by atoms with E-state index < -0.39 is 0 Å². The van der Waals surface area contributed by atoms with Gasteiger partial charge in [0.25, 0.3) is 0 Å². The molecule has 0 unspecified atom stereocenters. The minimum Gasteiger partial charge on any atom is -0.312 e. The molecule has 0 saturated heterocycles. The summed E-state index contributed by atoms with van der Waals surface area (Å²) in [7, 11) is 0. The first-order valence-electron chi connectivity index (χ1n) is 6.88. The Morgan fingerprint density at radius 2 is 1.78 bits per heavy atom. The molecule has 0 aromatic heterocycles. The second kappa shape index (κ2) is 5.34. The molecule has 1 aliphatic carbocycles. The molecule has 1 nitrogen and oxygen atoms in total. The summed E-state index contributed by atoms with van der Waals surface area (Å²) in [5.74, 6) is 0. The van der Waals surface area contributed by atoms with Crippen molar-refractivity contribution in [2.45, 2.75) is 52.0 Å². The number of benzene rings is 1. The maximum atomic E-state index is 3.69. The molecule has 0 amide bonds. The van der Waals surface area contributed by atoms with E-state index in [1.54, 1.807) is 0 Å². The molecule has 1 aliphatic rings. The zero-order valence-electron chi connectivity index (χ0n) is 11.7. The van der Waals surface area contributed by atoms with Crippen molar-refractivity contribution in [1.29, 1.82) is 0 Å². The zero-order valence-corrected chi connectivity index (χ0v) is 13.3. The topological polar surface area (TPSA) is 12.0 Å². The highest BCUT2D eigenvalue weighted by molar-refractivity contribution is 9.10. The van der Waals surface area contributed by atoms with Crippen LogP contribution in [-0.2, 0) is 6.42 Å². The smallest absolute Gasteiger partial charge is 0.0175 e. The lowest BCUT2D eigenvalue weighted by molar-refractivity contribution is 0.118. The zero-order chi connectivity index (χ0) is 13.2. The summed E-state index contributed by atoms with van der Waals surface area (Å²) < 4.78 is 1.17. The van der Waals surface area contributed by atoms with Crippen molar-refractivity contribution in [3.05, 3.63) is 34.3 Å². The molecule has 0 atom stereocenters. The highest BCUT2D eigenvalue weighted by atomic mass is 79.9. The van der Waals surface area contributed by atoms with Crippen molar-refractivity contribution in [2.75, 3.05) is 6.54 Å². The van der Waals surface area contributed by atoms with Gasteiger partial charge in [0, 0.05) is 16.6 Å². The number of halogens is 1. The molecular weight excluding hydrogens is 286 g/mol. The van der Waals surface area contributed by atoms with Gasteiger partial charge in [-0.05, 0) is 63.1 Å². The Kier molecular flexibility index (Phi) is 4.18. The summed E-state index contributed by atoms with van der Waals surface area (Å²) >= 11 is 3.50. The van der Waals surface area contributed by atoms with Crippen molar-refractivity contribution in [1.82, 2.24) is 5.32 Å². The average Bonchev–Trinajstić information content (AvgIpc) is 2.23. The molecular formula is C16H24BrN. The second-order valence-corrected chi connectivity index (χ2v) is 7.68. The van der Waals surface area contributed by atoms with Gasteiger partial charge < -0.3 is 5.32 Å². The van der Waals surface area contributed by atoms with Crippen LogP contribution in [0, 0.1) is 5.41 Å². The van der Waals surface area contributed by atoms with Gasteiger partial charge in [-0.3, -0.25) is 0 Å². The maximum absolute atomic E-state index is 3.69. The predicted octanol–water partition coefficient (Wildman–Crippen LogP) is 4.55. The molecule has 0 aliphatic heterocycles. The highest BCUT2D eigenvalue weighted by Crippen LogP contribution is 2.43. The third-order valence-electron chi connectivity index (χ3n) is 3.90. The quantitative estimate of drug-likeness (QED) is 0.860. The monoisotopic (exact) mass is 309 g/mol. The van der Waals surface area contributed by atoms with Crippen molar-refractivity contribution in [3.8, 4) is 0 Å². The van der Waals surface area contributed by atoms with Gasteiger partial charge in [0.05, 0.1) is 0 Å². The van der Waals surface area contributed by atoms with Crippen LogP contribution in [0.2, 0.25) is 0 Å². The van der Waals surface area contributed by atoms with E-state index in [2.05, 4.69) is 66.3 Å². The van der Waals surface area contributed by atoms with E-state index in [1.807, 2.05) is 0 Å². The van der Waals surface area contributed by atoms with Crippen LogP contribution in [0.25, 0.3) is 0 Å². The molecule has 2 rings (SSSR count). The number of rotatable bonds is 4. The first kappa shape index (κ1) is 14.1. The van der Waals surface area contributed by atoms with Crippen LogP contribution in [0.1, 0.15) is 45.6 Å². The van der Waals surface area contributed by atoms with E-state index in [1.165, 1.54) is 35.7 Å². The number of hydrogen-bond acceptors (Lipinski definition) is 1. The fraction of sp³-hybridized carbons (Fsp3) is 0.625. The predicted molar refractivity (Wildman–Crippen MR) is 81.9 cm³/mol. The SMILES string of the molecule is CC(C)(C)NCC1(Cc2ccc(Br)cc2)CCC1. The Labute approximate surface area is 119 Å². The van der Waals surface area contributed by atoms with Gasteiger partial charge in [-0.15, -0.1) is 0 Å². The standard InChI is InChI=1S/C16H24BrN/c1-15(2,3)18-12-16(9-4-10-16)11-13-5-7-14(17)8-6-13/h5-8,18H,4,9-12H2,1-3H3. The van der Waals surface area contributed by atoms with E-state index >= 15 is 0 Å². The molecule has 0 radical (unpaired) electrons. The lowest BCUT2D eigenvalue weighted by Gasteiger charge is -2.44. The molecule has 0 bridgehead atoms. The molecule has 0 heterocycles. The summed E-state index contributed by atoms with van der Waals surface area (Å²) in [6.45, 7) is 7.89. The van der Waals surface area contributed by atoms with E-state index in [9.17, 15) is 0 Å². The van der Waals surface area contributed by atoms with E-state index in [4.69, 9.17) is 0 Å². The molecule has 1 saturated carbocycles. The fourth-order valence-corrected chi connectivity index (χ4v) is 2.85. The summed E-state index contributed by atoms with van der Waals surface area (Å²) in [5.41, 5.74) is 2.19. The van der Waals surface area contributed by atoms with E-state index in [-0.39, 0.29) is 5.54 Å². The summed E-state index contributed by atoms with van der Waals surface area (Å²) in [5, 5.41) is 3.69. The van der Waals surface area contributed by atoms with Gasteiger partial charge in [0.1, 0.15) is 0 Å². The third kappa shape index (κ3) is 3.83. The van der Waals surface area contributed by atoms with E-state index in [0.717, 1.165) is 6.54 Å². The Bertz CT molecular complexity index is 385. The summed E-state index contributed by atoms with van der Waals surface area (Å²) in [6, 6.07) is 8.81. The normalized spacial score (nSPS) is 18.4. The minimum atomic E-state index is 0.225. The first-order valence-corrected chi connectivity index (χ1v) is 7.67. The molecule has 1 fully saturated rings. The molecule has 1 N–H and O–H groups in total. The molecule has 18 heavy (non-hydrogen) atoms. The third-order valence-corrected chi connectivity index (χ3v) is 4.43. The Hall–Kier alpha value is -0.340. The van der Waals surface area contributed by atoms with Crippen LogP contribution < -0.4 is 5.32 Å². The summed E-state index contributed by atoms with van der Waals surface area (Å²) in [6.07, 6.45) is 5.34. The number of nitrogens with one attached hydrogen (secondary N) is 1. The van der Waals surface area contributed by atoms with Crippen LogP contribution >= 0.6 is 15.9 Å². The Morgan fingerprint density at radius 1 is 1.17 bits per heavy atom. The van der Waals surface area contributed by atoms with Crippen molar-refractivity contribution < 1.29 is 0 Å². The molecule has 1 aromatic rings. The Balaban J connectivity index is 1.98. The van der Waals surface area contributed by atoms with Crippen LogP contribution in [-0.4, -0.2) is 12.1 Å². The maximum Gasteiger partial charge on any atom is 0.0175 e. The molecule has 0 spiro atoms. The summed E-state index contributed by atoms with van der Waals surface area (Å²) in [4.78, 5) is 0. The largest absolute Gasteiger partial charge is 0.312 e. The number of hydrogen-bond donors (Lipinski definition) is 1. The van der Waals surface area contributed by atoms with Crippen molar-refractivity contribution in [3.63, 3.8) is 0 Å². The van der Waals surface area contributed by atoms with Gasteiger partial charge in [0.2, 0.25) is 0 Å². The average molecular weight is 310 g/mol. The molecule has 100 valence electrons. The van der Waals surface area contributed by atoms with E-state index in [0.29, 0.717) is 5.41 Å². The lowest BCUT2D eigenvalue weighted by Crippen LogP contribution is -2.47. The fourth-order valence-electron chi connectivity index (χ4n) is 2.58. The second-order valence-electron chi connectivity index (χ2n) is 6.76. The van der Waals surface area contributed by atoms with Gasteiger partial charge in [-0.1, -0.05) is 34.5 Å². The van der Waals surface area contributed by atoms with Crippen LogP contribution in [0.4, 0.5) is 0 Å². The van der Waals surface area contributed by atoms with Crippen molar-refractivity contribution in [2.24, 2.45) is 5.41 Å². The van der Waals surface area contributed by atoms with Gasteiger partial charge >= 0.3 is 0 Å². The van der Waals surface area contributed by atoms with Crippen LogP contribution in [0.15, 0.2) is 28.7 Å². The molecule has 2 heteroatoms. The van der Waals surface area contributed by atoms with Gasteiger partial charge in [-0.25, -0.2) is 0 Å². The molecule has 1 aromatic carbocycles. The van der Waals surface area contributed by atoms with Gasteiger partial charge in [0.15, 0.2) is 0 Å². The van der Waals surface area contributed by atoms with Crippen LogP contribution in [0.3, 0.4) is 0 Å². The van der Waals surface area contributed by atoms with Gasteiger partial charge in [-0.2, -0.15) is 0 Å². The lowest BCUT2D eigenvalue weighted by atomic mass is 9.65. The first-order chi connectivity index (χ1) is 8.39. The van der Waals surface area contributed by atoms with Crippen molar-refractivity contribution >= 4 is 15.9 Å². The highest BCUT2D eigenvalue weighted by Gasteiger charge is 2.37. The van der Waals surface area contributed by atoms with Crippen LogP contribution in [0.5, 0.6) is 0 Å². The Morgan fingerprint density at radius 3 is 2.22 bits per heavy atom.